The number of hydrogen-bond acceptors (Lipinski definition) is 4. The van der Waals surface area contributed by atoms with Crippen molar-refractivity contribution < 1.29 is 19.1 Å². The van der Waals surface area contributed by atoms with E-state index in [0.29, 0.717) is 11.3 Å². The molecule has 3 aromatic rings. The number of rotatable bonds is 6. The van der Waals surface area contributed by atoms with Crippen molar-refractivity contribution in [2.24, 2.45) is 0 Å². The van der Waals surface area contributed by atoms with Crippen LogP contribution in [0, 0.1) is 6.92 Å². The van der Waals surface area contributed by atoms with Gasteiger partial charge in [-0.3, -0.25) is 0 Å². The predicted octanol–water partition coefficient (Wildman–Crippen LogP) is 7.03. The number of carbonyl (C=O) groups excluding carboxylic acids is 1. The Morgan fingerprint density at radius 2 is 1.38 bits per heavy atom. The second kappa shape index (κ2) is 9.21. The van der Waals surface area contributed by atoms with E-state index in [2.05, 4.69) is 33.9 Å². The topological polar surface area (TPSA) is 55.8 Å². The van der Waals surface area contributed by atoms with Gasteiger partial charge in [0.2, 0.25) is 8.32 Å². The molecule has 0 heterocycles. The van der Waals surface area contributed by atoms with Gasteiger partial charge in [0.25, 0.3) is 0 Å². The van der Waals surface area contributed by atoms with E-state index in [1.54, 1.807) is 13.0 Å². The number of esters is 1. The highest BCUT2D eigenvalue weighted by atomic mass is 28.4. The molecule has 1 N–H and O–H groups in total. The zero-order valence-corrected chi connectivity index (χ0v) is 20.7. The summed E-state index contributed by atoms with van der Waals surface area (Å²) in [6.45, 7) is 12.6. The number of benzene rings is 3. The molecule has 0 radical (unpaired) electrons. The maximum Gasteiger partial charge on any atom is 0.343 e. The summed E-state index contributed by atoms with van der Waals surface area (Å²) < 4.78 is 12.4. The Kier molecular flexibility index (Phi) is 6.79. The summed E-state index contributed by atoms with van der Waals surface area (Å²) in [7, 11) is -2.12. The van der Waals surface area contributed by atoms with Crippen LogP contribution in [0.5, 0.6) is 11.5 Å². The van der Waals surface area contributed by atoms with Gasteiger partial charge >= 0.3 is 5.97 Å². The van der Waals surface area contributed by atoms with Crippen LogP contribution in [0.1, 0.15) is 53.9 Å². The van der Waals surface area contributed by atoms with Gasteiger partial charge in [0.05, 0.1) is 0 Å². The van der Waals surface area contributed by atoms with E-state index in [9.17, 15) is 9.90 Å². The van der Waals surface area contributed by atoms with Crippen molar-refractivity contribution in [2.75, 3.05) is 0 Å². The molecule has 0 aromatic heterocycles. The second-order valence-corrected chi connectivity index (χ2v) is 14.3. The molecule has 0 bridgehead atoms. The van der Waals surface area contributed by atoms with Crippen LogP contribution in [-0.2, 0) is 4.74 Å². The third-order valence-electron chi connectivity index (χ3n) is 6.20. The molecule has 4 nitrogen and oxygen atoms in total. The second-order valence-electron chi connectivity index (χ2n) is 9.55. The fourth-order valence-electron chi connectivity index (χ4n) is 3.22. The van der Waals surface area contributed by atoms with Crippen LogP contribution < -0.4 is 4.43 Å². The van der Waals surface area contributed by atoms with E-state index in [1.165, 1.54) is 6.07 Å². The molecular weight excluding hydrogens is 416 g/mol. The number of hydrogen-bond donors (Lipinski definition) is 1. The molecule has 3 aromatic carbocycles. The lowest BCUT2D eigenvalue weighted by Crippen LogP contribution is -2.44. The maximum atomic E-state index is 13.3. The molecule has 0 spiro atoms. The van der Waals surface area contributed by atoms with E-state index < -0.39 is 20.4 Å². The monoisotopic (exact) mass is 448 g/mol. The normalized spacial score (nSPS) is 12.0. The minimum absolute atomic E-state index is 0.00368. The number of aromatic hydroxyl groups is 1. The Hall–Kier alpha value is -3.05. The van der Waals surface area contributed by atoms with Crippen molar-refractivity contribution in [3.8, 4) is 11.5 Å². The first-order valence-electron chi connectivity index (χ1n) is 10.8. The van der Waals surface area contributed by atoms with Crippen LogP contribution in [0.25, 0.3) is 0 Å². The minimum atomic E-state index is -2.12. The molecule has 0 saturated heterocycles. The standard InChI is InChI=1S/C27H32O4Si/c1-19-23(31-32(5,6)27(2,3)4)18-17-22(28)24(19)26(29)30-25(20-13-9-7-10-14-20)21-15-11-8-12-16-21/h7-18,25,28H,1-6H3. The molecule has 0 aliphatic rings. The number of phenols is 1. The van der Waals surface area contributed by atoms with E-state index in [1.807, 2.05) is 60.7 Å². The average Bonchev–Trinajstić information content (AvgIpc) is 2.74. The molecule has 0 fully saturated rings. The van der Waals surface area contributed by atoms with Crippen molar-refractivity contribution >= 4 is 14.3 Å². The van der Waals surface area contributed by atoms with Gasteiger partial charge in [-0.1, -0.05) is 81.4 Å². The Morgan fingerprint density at radius 1 is 0.875 bits per heavy atom. The van der Waals surface area contributed by atoms with Crippen LogP contribution in [0.4, 0.5) is 0 Å². The Labute approximate surface area is 192 Å². The largest absolute Gasteiger partial charge is 0.543 e. The number of carbonyl (C=O) groups is 1. The summed E-state index contributed by atoms with van der Waals surface area (Å²) in [4.78, 5) is 13.3. The van der Waals surface area contributed by atoms with E-state index in [0.717, 1.165) is 11.1 Å². The van der Waals surface area contributed by atoms with Gasteiger partial charge in [-0.15, -0.1) is 0 Å². The summed E-state index contributed by atoms with van der Waals surface area (Å²) in [6, 6.07) is 22.4. The van der Waals surface area contributed by atoms with Crippen LogP contribution in [0.2, 0.25) is 18.1 Å². The zero-order valence-electron chi connectivity index (χ0n) is 19.7. The third-order valence-corrected chi connectivity index (χ3v) is 10.5. The lowest BCUT2D eigenvalue weighted by Gasteiger charge is -2.37. The highest BCUT2D eigenvalue weighted by Gasteiger charge is 2.39. The molecule has 0 aliphatic carbocycles. The third kappa shape index (κ3) is 5.05. The summed E-state index contributed by atoms with van der Waals surface area (Å²) in [5.74, 6) is -0.0920. The summed E-state index contributed by atoms with van der Waals surface area (Å²) in [5, 5.41) is 10.6. The fraction of sp³-hybridized carbons (Fsp3) is 0.296. The van der Waals surface area contributed by atoms with Crippen molar-refractivity contribution in [1.29, 1.82) is 0 Å². The van der Waals surface area contributed by atoms with Crippen molar-refractivity contribution in [2.45, 2.75) is 51.9 Å². The molecule has 5 heteroatoms. The Bertz CT molecular complexity index is 1030. The van der Waals surface area contributed by atoms with Gasteiger partial charge in [-0.2, -0.15) is 0 Å². The Balaban J connectivity index is 1.97. The zero-order chi connectivity index (χ0) is 23.5. The van der Waals surface area contributed by atoms with Crippen LogP contribution in [-0.4, -0.2) is 19.4 Å². The average molecular weight is 449 g/mol. The highest BCUT2D eigenvalue weighted by molar-refractivity contribution is 6.74. The first kappa shape index (κ1) is 23.6. The smallest absolute Gasteiger partial charge is 0.343 e. The number of phenolic OH excluding ortho intramolecular Hbond substituents is 1. The summed E-state index contributed by atoms with van der Waals surface area (Å²) in [5.41, 5.74) is 2.44. The SMILES string of the molecule is Cc1c(O[Si](C)(C)C(C)(C)C)ccc(O)c1C(=O)OC(c1ccccc1)c1ccccc1. The molecular formula is C27H32O4Si. The van der Waals surface area contributed by atoms with Crippen molar-refractivity contribution in [3.63, 3.8) is 0 Å². The molecule has 0 amide bonds. The molecule has 0 aliphatic heterocycles. The molecule has 32 heavy (non-hydrogen) atoms. The first-order valence-corrected chi connectivity index (χ1v) is 13.7. The molecule has 3 rings (SSSR count). The minimum Gasteiger partial charge on any atom is -0.543 e. The molecule has 0 atom stereocenters. The van der Waals surface area contributed by atoms with Gasteiger partial charge in [-0.25, -0.2) is 4.79 Å². The van der Waals surface area contributed by atoms with Gasteiger partial charge < -0.3 is 14.3 Å². The van der Waals surface area contributed by atoms with E-state index in [-0.39, 0.29) is 16.4 Å². The molecule has 0 saturated carbocycles. The maximum absolute atomic E-state index is 13.3. The Morgan fingerprint density at radius 3 is 1.84 bits per heavy atom. The van der Waals surface area contributed by atoms with Crippen LogP contribution in [0.15, 0.2) is 72.8 Å². The fourth-order valence-corrected chi connectivity index (χ4v) is 4.30. The lowest BCUT2D eigenvalue weighted by atomic mass is 10.0. The van der Waals surface area contributed by atoms with E-state index in [4.69, 9.17) is 9.16 Å². The predicted molar refractivity (Wildman–Crippen MR) is 131 cm³/mol. The molecule has 0 unspecified atom stereocenters. The van der Waals surface area contributed by atoms with Crippen LogP contribution in [0.3, 0.4) is 0 Å². The van der Waals surface area contributed by atoms with Crippen molar-refractivity contribution in [3.05, 3.63) is 95.1 Å². The summed E-state index contributed by atoms with van der Waals surface area (Å²) >= 11 is 0. The van der Waals surface area contributed by atoms with Gasteiger partial charge in [0.1, 0.15) is 17.1 Å². The van der Waals surface area contributed by atoms with Gasteiger partial charge in [0, 0.05) is 5.56 Å². The van der Waals surface area contributed by atoms with E-state index >= 15 is 0 Å². The highest BCUT2D eigenvalue weighted by Crippen LogP contribution is 2.40. The molecule has 168 valence electrons. The lowest BCUT2D eigenvalue weighted by molar-refractivity contribution is 0.0373. The number of ether oxygens (including phenoxy) is 1. The van der Waals surface area contributed by atoms with Gasteiger partial charge in [0.15, 0.2) is 6.10 Å². The van der Waals surface area contributed by atoms with Crippen LogP contribution >= 0.6 is 0 Å². The summed E-state index contributed by atoms with van der Waals surface area (Å²) in [6.07, 6.45) is -0.589. The quantitative estimate of drug-likeness (QED) is 0.325. The van der Waals surface area contributed by atoms with Gasteiger partial charge in [-0.05, 0) is 48.3 Å². The first-order chi connectivity index (χ1) is 15.0. The van der Waals surface area contributed by atoms with Crippen molar-refractivity contribution in [1.82, 2.24) is 0 Å².